The van der Waals surface area contributed by atoms with E-state index in [1.807, 2.05) is 37.0 Å². The van der Waals surface area contributed by atoms with Crippen molar-refractivity contribution in [2.45, 2.75) is 25.8 Å². The lowest BCUT2D eigenvalue weighted by molar-refractivity contribution is 0.0880. The molecular formula is C20H28N4O2. The highest BCUT2D eigenvalue weighted by atomic mass is 16.5. The Labute approximate surface area is 155 Å². The Morgan fingerprint density at radius 2 is 2.15 bits per heavy atom. The first kappa shape index (κ1) is 18.5. The Balaban J connectivity index is 1.71. The molecule has 0 radical (unpaired) electrons. The summed E-state index contributed by atoms with van der Waals surface area (Å²) in [6, 6.07) is 7.91. The number of nitrogens with one attached hydrogen (secondary N) is 1. The number of hydrogen-bond acceptors (Lipinski definition) is 4. The van der Waals surface area contributed by atoms with E-state index in [0.29, 0.717) is 18.0 Å². The van der Waals surface area contributed by atoms with E-state index in [2.05, 4.69) is 28.4 Å². The highest BCUT2D eigenvalue weighted by molar-refractivity contribution is 5.94. The van der Waals surface area contributed by atoms with Gasteiger partial charge in [0.25, 0.3) is 5.91 Å². The van der Waals surface area contributed by atoms with Crippen molar-refractivity contribution < 1.29 is 9.53 Å². The Morgan fingerprint density at radius 1 is 1.35 bits per heavy atom. The van der Waals surface area contributed by atoms with Crippen molar-refractivity contribution in [3.05, 3.63) is 47.3 Å². The van der Waals surface area contributed by atoms with Crippen molar-refractivity contribution >= 4 is 5.91 Å². The molecule has 1 aliphatic heterocycles. The zero-order valence-electron chi connectivity index (χ0n) is 16.0. The normalized spacial score (nSPS) is 20.8. The molecule has 1 N–H and O–H groups in total. The molecule has 1 aromatic heterocycles. The number of benzene rings is 1. The number of hydrogen-bond donors (Lipinski definition) is 1. The van der Waals surface area contributed by atoms with Crippen LogP contribution in [0.2, 0.25) is 0 Å². The Morgan fingerprint density at radius 3 is 2.85 bits per heavy atom. The molecule has 1 aromatic carbocycles. The Hall–Kier alpha value is -2.34. The van der Waals surface area contributed by atoms with Crippen LogP contribution in [0.1, 0.15) is 40.5 Å². The minimum Gasteiger partial charge on any atom is -0.496 e. The van der Waals surface area contributed by atoms with Crippen LogP contribution in [0.25, 0.3) is 0 Å². The number of ether oxygens (including phenoxy) is 1. The molecule has 0 unspecified atom stereocenters. The Kier molecular flexibility index (Phi) is 5.61. The summed E-state index contributed by atoms with van der Waals surface area (Å²) in [4.78, 5) is 15.0. The molecule has 2 aromatic rings. The largest absolute Gasteiger partial charge is 0.496 e. The van der Waals surface area contributed by atoms with Crippen molar-refractivity contribution in [1.82, 2.24) is 20.0 Å². The lowest BCUT2D eigenvalue weighted by Gasteiger charge is -2.39. The van der Waals surface area contributed by atoms with Crippen LogP contribution in [-0.2, 0) is 7.05 Å². The van der Waals surface area contributed by atoms with E-state index in [0.717, 1.165) is 30.7 Å². The number of carbonyl (C=O) groups excluding carboxylic acids is 1. The van der Waals surface area contributed by atoms with Crippen LogP contribution < -0.4 is 10.1 Å². The van der Waals surface area contributed by atoms with Gasteiger partial charge in [0.15, 0.2) is 0 Å². The fourth-order valence-corrected chi connectivity index (χ4v) is 3.90. The molecule has 1 aliphatic rings. The number of carbonyl (C=O) groups is 1. The van der Waals surface area contributed by atoms with E-state index in [9.17, 15) is 4.79 Å². The molecular weight excluding hydrogens is 328 g/mol. The maximum atomic E-state index is 12.6. The summed E-state index contributed by atoms with van der Waals surface area (Å²) < 4.78 is 7.26. The van der Waals surface area contributed by atoms with Gasteiger partial charge >= 0.3 is 0 Å². The highest BCUT2D eigenvalue weighted by Crippen LogP contribution is 2.34. The number of aryl methyl sites for hydroxylation is 2. The third-order valence-corrected chi connectivity index (χ3v) is 5.36. The highest BCUT2D eigenvalue weighted by Gasteiger charge is 2.32. The molecule has 6 nitrogen and oxygen atoms in total. The van der Waals surface area contributed by atoms with Crippen LogP contribution in [0.5, 0.6) is 5.75 Å². The summed E-state index contributed by atoms with van der Waals surface area (Å²) in [6.45, 7) is 3.68. The molecule has 0 aliphatic carbocycles. The SMILES string of the molecule is COc1cc(C(=O)NC[C@@H]2CCCN(C)[C@H]2c2ccnn2C)ccc1C. The molecule has 1 fully saturated rings. The van der Waals surface area contributed by atoms with E-state index < -0.39 is 0 Å². The molecule has 0 spiro atoms. The summed E-state index contributed by atoms with van der Waals surface area (Å²) in [6.07, 6.45) is 4.08. The van der Waals surface area contributed by atoms with Gasteiger partial charge in [-0.25, -0.2) is 0 Å². The number of rotatable bonds is 5. The van der Waals surface area contributed by atoms with E-state index in [1.54, 1.807) is 13.2 Å². The molecule has 0 bridgehead atoms. The molecule has 26 heavy (non-hydrogen) atoms. The number of nitrogens with zero attached hydrogens (tertiary/aromatic N) is 3. The standard InChI is InChI=1S/C20H28N4O2/c1-14-7-8-15(12-18(14)26-4)20(25)21-13-16-6-5-11-23(2)19(16)17-9-10-22-24(17)3/h7-10,12,16,19H,5-6,11,13H2,1-4H3,(H,21,25)/t16-,19+/m0/s1. The van der Waals surface area contributed by atoms with Crippen molar-refractivity contribution in [3.63, 3.8) is 0 Å². The molecule has 1 amide bonds. The fraction of sp³-hybridized carbons (Fsp3) is 0.500. The van der Waals surface area contributed by atoms with Crippen LogP contribution in [0, 0.1) is 12.8 Å². The summed E-state index contributed by atoms with van der Waals surface area (Å²) in [7, 11) is 5.75. The van der Waals surface area contributed by atoms with Crippen LogP contribution in [0.3, 0.4) is 0 Å². The van der Waals surface area contributed by atoms with Gasteiger partial charge < -0.3 is 10.1 Å². The lowest BCUT2D eigenvalue weighted by Crippen LogP contribution is -2.42. The summed E-state index contributed by atoms with van der Waals surface area (Å²) >= 11 is 0. The topological polar surface area (TPSA) is 59.4 Å². The van der Waals surface area contributed by atoms with E-state index >= 15 is 0 Å². The van der Waals surface area contributed by atoms with E-state index in [-0.39, 0.29) is 11.9 Å². The van der Waals surface area contributed by atoms with Crippen molar-refractivity contribution in [1.29, 1.82) is 0 Å². The number of piperidine rings is 1. The minimum atomic E-state index is -0.0553. The van der Waals surface area contributed by atoms with Gasteiger partial charge in [-0.15, -0.1) is 0 Å². The quantitative estimate of drug-likeness (QED) is 0.894. The minimum absolute atomic E-state index is 0.0553. The molecule has 140 valence electrons. The first-order chi connectivity index (χ1) is 12.5. The smallest absolute Gasteiger partial charge is 0.251 e. The zero-order valence-corrected chi connectivity index (χ0v) is 16.0. The number of amides is 1. The van der Waals surface area contributed by atoms with Gasteiger partial charge in [-0.2, -0.15) is 5.10 Å². The monoisotopic (exact) mass is 356 g/mol. The second-order valence-electron chi connectivity index (χ2n) is 7.10. The van der Waals surface area contributed by atoms with Crippen LogP contribution in [-0.4, -0.2) is 47.8 Å². The first-order valence-electron chi connectivity index (χ1n) is 9.12. The van der Waals surface area contributed by atoms with Crippen LogP contribution >= 0.6 is 0 Å². The summed E-state index contributed by atoms with van der Waals surface area (Å²) in [5.41, 5.74) is 2.85. The number of likely N-dealkylation sites (tertiary alicyclic amines) is 1. The third kappa shape index (κ3) is 3.75. The maximum absolute atomic E-state index is 12.6. The van der Waals surface area contributed by atoms with Gasteiger partial charge in [-0.3, -0.25) is 14.4 Å². The second-order valence-corrected chi connectivity index (χ2v) is 7.10. The molecule has 6 heteroatoms. The van der Waals surface area contributed by atoms with Gasteiger partial charge in [0.2, 0.25) is 0 Å². The van der Waals surface area contributed by atoms with E-state index in [1.165, 1.54) is 5.69 Å². The molecule has 3 rings (SSSR count). The zero-order chi connectivity index (χ0) is 18.7. The summed E-state index contributed by atoms with van der Waals surface area (Å²) in [5, 5.41) is 7.44. The number of methoxy groups -OCH3 is 1. The average molecular weight is 356 g/mol. The van der Waals surface area contributed by atoms with Gasteiger partial charge in [0.05, 0.1) is 18.8 Å². The van der Waals surface area contributed by atoms with Gasteiger partial charge in [0.1, 0.15) is 5.75 Å². The number of aromatic nitrogens is 2. The van der Waals surface area contributed by atoms with Gasteiger partial charge in [-0.05, 0) is 63.0 Å². The summed E-state index contributed by atoms with van der Waals surface area (Å²) in [5.74, 6) is 1.04. The predicted molar refractivity (Wildman–Crippen MR) is 101 cm³/mol. The van der Waals surface area contributed by atoms with E-state index in [4.69, 9.17) is 4.74 Å². The third-order valence-electron chi connectivity index (χ3n) is 5.36. The molecule has 1 saturated heterocycles. The second kappa shape index (κ2) is 7.91. The first-order valence-corrected chi connectivity index (χ1v) is 9.12. The van der Waals surface area contributed by atoms with Crippen molar-refractivity contribution in [2.24, 2.45) is 13.0 Å². The van der Waals surface area contributed by atoms with Crippen LogP contribution in [0.15, 0.2) is 30.5 Å². The fourth-order valence-electron chi connectivity index (χ4n) is 3.90. The van der Waals surface area contributed by atoms with Gasteiger partial charge in [0, 0.05) is 25.4 Å². The Bertz CT molecular complexity index is 771. The van der Waals surface area contributed by atoms with Crippen molar-refractivity contribution in [2.75, 3.05) is 27.2 Å². The van der Waals surface area contributed by atoms with Gasteiger partial charge in [-0.1, -0.05) is 6.07 Å². The predicted octanol–water partition coefficient (Wildman–Crippen LogP) is 2.55. The molecule has 0 saturated carbocycles. The molecule has 2 atom stereocenters. The average Bonchev–Trinajstić information content (AvgIpc) is 3.05. The lowest BCUT2D eigenvalue weighted by atomic mass is 9.87. The van der Waals surface area contributed by atoms with Crippen LogP contribution in [0.4, 0.5) is 0 Å². The molecule has 2 heterocycles. The maximum Gasteiger partial charge on any atom is 0.251 e. The van der Waals surface area contributed by atoms with Crippen molar-refractivity contribution in [3.8, 4) is 5.75 Å².